The minimum absolute atomic E-state index is 0.0197. The second-order valence-electron chi connectivity index (χ2n) is 5.46. The van der Waals surface area contributed by atoms with Crippen molar-refractivity contribution in [3.8, 4) is 17.2 Å². The van der Waals surface area contributed by atoms with Crippen molar-refractivity contribution in [2.24, 2.45) is 5.10 Å². The molecule has 0 saturated heterocycles. The van der Waals surface area contributed by atoms with Crippen molar-refractivity contribution in [3.63, 3.8) is 0 Å². The molecule has 2 amide bonds. The molecule has 142 valence electrons. The van der Waals surface area contributed by atoms with Crippen molar-refractivity contribution >= 4 is 18.0 Å². The van der Waals surface area contributed by atoms with E-state index in [1.807, 2.05) is 0 Å². The number of phenolic OH excluding ortho intramolecular Hbond substituents is 1. The van der Waals surface area contributed by atoms with Gasteiger partial charge in [0.1, 0.15) is 5.75 Å². The number of carbonyl (C=O) groups is 2. The fourth-order valence-electron chi connectivity index (χ4n) is 2.14. The number of ether oxygens (including phenoxy) is 2. The van der Waals surface area contributed by atoms with Gasteiger partial charge in [0.05, 0.1) is 20.4 Å². The Morgan fingerprint density at radius 2 is 1.85 bits per heavy atom. The van der Waals surface area contributed by atoms with Gasteiger partial charge in [0.2, 0.25) is 5.91 Å². The Morgan fingerprint density at radius 3 is 2.52 bits per heavy atom. The number of rotatable bonds is 8. The number of amides is 2. The molecule has 0 unspecified atom stereocenters. The molecule has 3 N–H and O–H groups in total. The first-order valence-electron chi connectivity index (χ1n) is 8.14. The lowest BCUT2D eigenvalue weighted by atomic mass is 10.2. The smallest absolute Gasteiger partial charge is 0.251 e. The molecule has 0 atom stereocenters. The van der Waals surface area contributed by atoms with E-state index in [0.717, 1.165) is 0 Å². The first-order valence-corrected chi connectivity index (χ1v) is 8.14. The summed E-state index contributed by atoms with van der Waals surface area (Å²) in [6, 6.07) is 11.3. The number of nitrogens with zero attached hydrogens (tertiary/aromatic N) is 1. The second-order valence-corrected chi connectivity index (χ2v) is 5.46. The predicted octanol–water partition coefficient (Wildman–Crippen LogP) is 1.68. The van der Waals surface area contributed by atoms with E-state index in [9.17, 15) is 14.7 Å². The lowest BCUT2D eigenvalue weighted by Crippen LogP contribution is -2.29. The quantitative estimate of drug-likeness (QED) is 0.483. The average Bonchev–Trinajstić information content (AvgIpc) is 2.69. The molecule has 0 aliphatic heterocycles. The number of nitrogens with one attached hydrogen (secondary N) is 2. The van der Waals surface area contributed by atoms with Gasteiger partial charge in [-0.3, -0.25) is 9.59 Å². The molecular weight excluding hydrogens is 350 g/mol. The van der Waals surface area contributed by atoms with E-state index in [1.165, 1.54) is 19.4 Å². The van der Waals surface area contributed by atoms with Gasteiger partial charge in [-0.2, -0.15) is 5.10 Å². The van der Waals surface area contributed by atoms with Gasteiger partial charge in [0.25, 0.3) is 5.91 Å². The predicted molar refractivity (Wildman–Crippen MR) is 100 cm³/mol. The van der Waals surface area contributed by atoms with E-state index in [0.29, 0.717) is 22.6 Å². The summed E-state index contributed by atoms with van der Waals surface area (Å²) in [7, 11) is 2.99. The van der Waals surface area contributed by atoms with E-state index in [-0.39, 0.29) is 30.5 Å². The first kappa shape index (κ1) is 19.8. The molecule has 0 bridgehead atoms. The van der Waals surface area contributed by atoms with Crippen molar-refractivity contribution in [2.75, 3.05) is 20.8 Å². The average molecular weight is 371 g/mol. The Labute approximate surface area is 156 Å². The van der Waals surface area contributed by atoms with Crippen LogP contribution in [0, 0.1) is 0 Å². The van der Waals surface area contributed by atoms with Crippen LogP contribution in [0.4, 0.5) is 0 Å². The third kappa shape index (κ3) is 6.03. The van der Waals surface area contributed by atoms with Crippen LogP contribution in [0.25, 0.3) is 0 Å². The third-order valence-corrected chi connectivity index (χ3v) is 3.60. The van der Waals surface area contributed by atoms with Gasteiger partial charge in [-0.15, -0.1) is 0 Å². The van der Waals surface area contributed by atoms with Crippen molar-refractivity contribution in [2.45, 2.75) is 6.42 Å². The lowest BCUT2D eigenvalue weighted by Gasteiger charge is -2.06. The summed E-state index contributed by atoms with van der Waals surface area (Å²) < 4.78 is 10.0. The molecule has 2 aromatic rings. The molecule has 2 rings (SSSR count). The molecule has 8 heteroatoms. The summed E-state index contributed by atoms with van der Waals surface area (Å²) in [6.45, 7) is 0.180. The molecule has 0 heterocycles. The summed E-state index contributed by atoms with van der Waals surface area (Å²) in [4.78, 5) is 23.7. The summed E-state index contributed by atoms with van der Waals surface area (Å²) in [5.74, 6) is 0.380. The fourth-order valence-corrected chi connectivity index (χ4v) is 2.14. The standard InChI is InChI=1S/C19H21N3O5/c1-26-15-6-4-14(5-7-15)19(25)20-10-9-18(24)22-21-12-13-3-8-16(23)17(11-13)27-2/h3-8,11-12,23H,9-10H2,1-2H3,(H,20,25)(H,22,24). The van der Waals surface area contributed by atoms with Crippen LogP contribution in [0.15, 0.2) is 47.6 Å². The topological polar surface area (TPSA) is 109 Å². The van der Waals surface area contributed by atoms with Crippen LogP contribution in [-0.4, -0.2) is 43.9 Å². The van der Waals surface area contributed by atoms with Crippen molar-refractivity contribution in [1.29, 1.82) is 0 Å². The molecular formula is C19H21N3O5. The van der Waals surface area contributed by atoms with Gasteiger partial charge in [0, 0.05) is 18.5 Å². The zero-order valence-corrected chi connectivity index (χ0v) is 15.1. The van der Waals surface area contributed by atoms with Gasteiger partial charge >= 0.3 is 0 Å². The van der Waals surface area contributed by atoms with Gasteiger partial charge in [-0.1, -0.05) is 0 Å². The Balaban J connectivity index is 1.74. The second kappa shape index (κ2) is 9.81. The van der Waals surface area contributed by atoms with Gasteiger partial charge in [0.15, 0.2) is 11.5 Å². The van der Waals surface area contributed by atoms with E-state index in [4.69, 9.17) is 9.47 Å². The molecule has 0 aliphatic rings. The minimum Gasteiger partial charge on any atom is -0.504 e. The van der Waals surface area contributed by atoms with Crippen LogP contribution < -0.4 is 20.2 Å². The maximum Gasteiger partial charge on any atom is 0.251 e. The molecule has 2 aromatic carbocycles. The van der Waals surface area contributed by atoms with Crippen LogP contribution in [0.1, 0.15) is 22.3 Å². The summed E-state index contributed by atoms with van der Waals surface area (Å²) in [6.07, 6.45) is 1.51. The van der Waals surface area contributed by atoms with E-state index in [1.54, 1.807) is 43.5 Å². The number of hydrazone groups is 1. The normalized spacial score (nSPS) is 10.4. The summed E-state index contributed by atoms with van der Waals surface area (Å²) >= 11 is 0. The fraction of sp³-hybridized carbons (Fsp3) is 0.211. The van der Waals surface area contributed by atoms with Crippen LogP contribution in [-0.2, 0) is 4.79 Å². The SMILES string of the molecule is COc1ccc(C(=O)NCCC(=O)NN=Cc2ccc(O)c(OC)c2)cc1. The Morgan fingerprint density at radius 1 is 1.11 bits per heavy atom. The first-order chi connectivity index (χ1) is 13.0. The molecule has 0 spiro atoms. The summed E-state index contributed by atoms with van der Waals surface area (Å²) in [5, 5.41) is 16.0. The number of aromatic hydroxyl groups is 1. The molecule has 0 fully saturated rings. The highest BCUT2D eigenvalue weighted by Gasteiger charge is 2.06. The van der Waals surface area contributed by atoms with E-state index < -0.39 is 0 Å². The zero-order valence-electron chi connectivity index (χ0n) is 15.1. The molecule has 27 heavy (non-hydrogen) atoms. The van der Waals surface area contributed by atoms with Gasteiger partial charge in [-0.25, -0.2) is 5.43 Å². The van der Waals surface area contributed by atoms with Crippen molar-refractivity contribution in [1.82, 2.24) is 10.7 Å². The maximum atomic E-state index is 12.0. The largest absolute Gasteiger partial charge is 0.504 e. The molecule has 8 nitrogen and oxygen atoms in total. The number of carbonyl (C=O) groups excluding carboxylic acids is 2. The number of hydrogen-bond acceptors (Lipinski definition) is 6. The van der Waals surface area contributed by atoms with Gasteiger partial charge < -0.3 is 19.9 Å². The van der Waals surface area contributed by atoms with Crippen LogP contribution in [0.2, 0.25) is 0 Å². The van der Waals surface area contributed by atoms with Crippen molar-refractivity contribution in [3.05, 3.63) is 53.6 Å². The van der Waals surface area contributed by atoms with Gasteiger partial charge in [-0.05, 0) is 48.0 Å². The highest BCUT2D eigenvalue weighted by atomic mass is 16.5. The molecule has 0 radical (unpaired) electrons. The highest BCUT2D eigenvalue weighted by Crippen LogP contribution is 2.25. The third-order valence-electron chi connectivity index (χ3n) is 3.60. The monoisotopic (exact) mass is 371 g/mol. The lowest BCUT2D eigenvalue weighted by molar-refractivity contribution is -0.120. The highest BCUT2D eigenvalue weighted by molar-refractivity contribution is 5.94. The number of phenols is 1. The molecule has 0 saturated carbocycles. The zero-order chi connectivity index (χ0) is 19.6. The maximum absolute atomic E-state index is 12.0. The number of hydrogen-bond donors (Lipinski definition) is 3. The van der Waals surface area contributed by atoms with Crippen molar-refractivity contribution < 1.29 is 24.2 Å². The molecule has 0 aliphatic carbocycles. The van der Waals surface area contributed by atoms with Crippen LogP contribution in [0.3, 0.4) is 0 Å². The van der Waals surface area contributed by atoms with Crippen LogP contribution in [0.5, 0.6) is 17.2 Å². The number of methoxy groups -OCH3 is 2. The molecule has 0 aromatic heterocycles. The Kier molecular flexibility index (Phi) is 7.18. The number of benzene rings is 2. The van der Waals surface area contributed by atoms with E-state index in [2.05, 4.69) is 15.8 Å². The minimum atomic E-state index is -0.341. The Hall–Kier alpha value is -3.55. The Bertz CT molecular complexity index is 819. The van der Waals surface area contributed by atoms with Crippen LogP contribution >= 0.6 is 0 Å². The van der Waals surface area contributed by atoms with E-state index >= 15 is 0 Å². The summed E-state index contributed by atoms with van der Waals surface area (Å²) in [5.41, 5.74) is 3.50.